The molecule has 0 radical (unpaired) electrons. The fourth-order valence-corrected chi connectivity index (χ4v) is 0. The number of carbonyl (C=O) groups excluding carboxylic acids is 1. The van der Waals surface area contributed by atoms with Gasteiger partial charge in [-0.15, -0.1) is 0 Å². The largest absolute Gasteiger partial charge is 0.371 e. The van der Waals surface area contributed by atoms with Crippen LogP contribution in [0.15, 0.2) is 0 Å². The molecule has 42 valence electrons. The first-order valence-corrected chi connectivity index (χ1v) is 2.73. The Morgan fingerprint density at radius 1 is 2.00 bits per heavy atom. The molecule has 0 fully saturated rings. The molecule has 0 aromatic heterocycles. The van der Waals surface area contributed by atoms with E-state index >= 15 is 0 Å². The number of carbonyl (C=O) groups is 1. The van der Waals surface area contributed by atoms with Crippen molar-refractivity contribution in [3.05, 3.63) is 0 Å². The van der Waals surface area contributed by atoms with E-state index in [2.05, 4.69) is 15.9 Å². The lowest BCUT2D eigenvalue weighted by Crippen LogP contribution is -2.21. The van der Waals surface area contributed by atoms with Crippen molar-refractivity contribution in [1.29, 1.82) is 0 Å². The fourth-order valence-electron chi connectivity index (χ4n) is 0. The van der Waals surface area contributed by atoms with Crippen molar-refractivity contribution < 1.29 is 9.90 Å². The summed E-state index contributed by atoms with van der Waals surface area (Å²) in [5.74, 6) is 0. The van der Waals surface area contributed by atoms with Crippen LogP contribution < -0.4 is 0 Å². The van der Waals surface area contributed by atoms with Crippen LogP contribution in [-0.2, 0) is 4.79 Å². The van der Waals surface area contributed by atoms with E-state index in [1.165, 1.54) is 6.92 Å². The molecule has 7 heavy (non-hydrogen) atoms. The number of rotatable bonds is 1. The third-order valence-corrected chi connectivity index (χ3v) is 1.32. The van der Waals surface area contributed by atoms with Crippen LogP contribution in [0.4, 0.5) is 0 Å². The summed E-state index contributed by atoms with van der Waals surface area (Å²) < 4.78 is -1.56. The van der Waals surface area contributed by atoms with Gasteiger partial charge in [0.25, 0.3) is 5.24 Å². The molecule has 0 spiro atoms. The van der Waals surface area contributed by atoms with E-state index in [0.717, 1.165) is 0 Å². The molecule has 0 aliphatic carbocycles. The minimum atomic E-state index is -1.56. The maximum atomic E-state index is 9.93. The zero-order valence-corrected chi connectivity index (χ0v) is 5.95. The summed E-state index contributed by atoms with van der Waals surface area (Å²) in [6.45, 7) is 1.25. The van der Waals surface area contributed by atoms with Crippen molar-refractivity contribution >= 4 is 32.8 Å². The van der Waals surface area contributed by atoms with Gasteiger partial charge in [0.1, 0.15) is 0 Å². The summed E-state index contributed by atoms with van der Waals surface area (Å²) in [5, 5.41) is 7.72. The SMILES string of the molecule is CC(O)(Br)C(=O)Cl. The molecule has 1 N–H and O–H groups in total. The van der Waals surface area contributed by atoms with E-state index in [-0.39, 0.29) is 0 Å². The first-order chi connectivity index (χ1) is 2.94. The molecule has 0 heterocycles. The second-order valence-corrected chi connectivity index (χ2v) is 3.11. The van der Waals surface area contributed by atoms with Crippen LogP contribution in [-0.4, -0.2) is 14.9 Å². The van der Waals surface area contributed by atoms with Gasteiger partial charge in [-0.05, 0) is 34.5 Å². The van der Waals surface area contributed by atoms with Gasteiger partial charge in [-0.1, -0.05) is 0 Å². The fraction of sp³-hybridized carbons (Fsp3) is 0.667. The normalized spacial score (nSPS) is 18.3. The van der Waals surface area contributed by atoms with Crippen molar-refractivity contribution in [3.63, 3.8) is 0 Å². The Balaban J connectivity index is 3.79. The predicted molar refractivity (Wildman–Crippen MR) is 30.4 cm³/mol. The van der Waals surface area contributed by atoms with Gasteiger partial charge in [0.15, 0.2) is 4.51 Å². The van der Waals surface area contributed by atoms with Crippen molar-refractivity contribution in [2.45, 2.75) is 11.4 Å². The molecular formula is C3H4BrClO2. The minimum absolute atomic E-state index is 0.812. The molecule has 0 aliphatic rings. The van der Waals surface area contributed by atoms with E-state index in [1.807, 2.05) is 0 Å². The Kier molecular flexibility index (Phi) is 2.23. The first kappa shape index (κ1) is 7.40. The number of aliphatic hydroxyl groups is 1. The molecular weight excluding hydrogens is 183 g/mol. The quantitative estimate of drug-likeness (QED) is 0.488. The number of halogens is 2. The average molecular weight is 187 g/mol. The summed E-state index contributed by atoms with van der Waals surface area (Å²) in [6.07, 6.45) is 0. The number of hydrogen-bond acceptors (Lipinski definition) is 2. The lowest BCUT2D eigenvalue weighted by Gasteiger charge is -2.05. The number of hydrogen-bond donors (Lipinski definition) is 1. The molecule has 0 aliphatic heterocycles. The zero-order chi connectivity index (χ0) is 6.08. The van der Waals surface area contributed by atoms with Gasteiger partial charge in [0, 0.05) is 0 Å². The molecule has 0 rings (SSSR count). The standard InChI is InChI=1S/C3H4BrClO2/c1-3(4,7)2(5)6/h7H,1H3. The summed E-state index contributed by atoms with van der Waals surface area (Å²) in [5.41, 5.74) is 0. The Labute approximate surface area is 54.6 Å². The highest BCUT2D eigenvalue weighted by Crippen LogP contribution is 2.14. The molecule has 2 nitrogen and oxygen atoms in total. The van der Waals surface area contributed by atoms with Gasteiger partial charge in [-0.25, -0.2) is 0 Å². The van der Waals surface area contributed by atoms with Crippen LogP contribution >= 0.6 is 27.5 Å². The molecule has 0 amide bonds. The van der Waals surface area contributed by atoms with E-state index in [9.17, 15) is 4.79 Å². The second kappa shape index (κ2) is 2.11. The van der Waals surface area contributed by atoms with E-state index in [4.69, 9.17) is 16.7 Å². The monoisotopic (exact) mass is 186 g/mol. The molecule has 0 bridgehead atoms. The third-order valence-electron chi connectivity index (χ3n) is 0.359. The molecule has 1 atom stereocenters. The number of alkyl halides is 1. The molecule has 0 aromatic carbocycles. The summed E-state index contributed by atoms with van der Waals surface area (Å²) in [7, 11) is 0. The molecule has 0 saturated heterocycles. The van der Waals surface area contributed by atoms with Crippen molar-refractivity contribution in [2.75, 3.05) is 0 Å². The van der Waals surface area contributed by atoms with Gasteiger partial charge < -0.3 is 5.11 Å². The van der Waals surface area contributed by atoms with Gasteiger partial charge in [-0.3, -0.25) is 4.79 Å². The second-order valence-electron chi connectivity index (χ2n) is 1.23. The molecule has 0 aromatic rings. The zero-order valence-electron chi connectivity index (χ0n) is 3.61. The Bertz CT molecular complexity index is 85.4. The Hall–Kier alpha value is 0.400. The maximum absolute atomic E-state index is 9.93. The lowest BCUT2D eigenvalue weighted by atomic mass is 10.5. The van der Waals surface area contributed by atoms with Crippen LogP contribution in [0.5, 0.6) is 0 Å². The van der Waals surface area contributed by atoms with Crippen molar-refractivity contribution in [1.82, 2.24) is 0 Å². The Morgan fingerprint density at radius 3 is 2.14 bits per heavy atom. The molecule has 0 saturated carbocycles. The summed E-state index contributed by atoms with van der Waals surface area (Å²) >= 11 is 7.43. The van der Waals surface area contributed by atoms with E-state index < -0.39 is 9.75 Å². The maximum Gasteiger partial charge on any atom is 0.264 e. The van der Waals surface area contributed by atoms with Crippen LogP contribution in [0, 0.1) is 0 Å². The highest BCUT2D eigenvalue weighted by molar-refractivity contribution is 9.10. The van der Waals surface area contributed by atoms with Crippen LogP contribution in [0.3, 0.4) is 0 Å². The highest BCUT2D eigenvalue weighted by atomic mass is 79.9. The van der Waals surface area contributed by atoms with E-state index in [1.54, 1.807) is 0 Å². The van der Waals surface area contributed by atoms with Crippen molar-refractivity contribution in [3.8, 4) is 0 Å². The highest BCUT2D eigenvalue weighted by Gasteiger charge is 2.23. The summed E-state index contributed by atoms with van der Waals surface area (Å²) in [6, 6.07) is 0. The van der Waals surface area contributed by atoms with Crippen molar-refractivity contribution in [2.24, 2.45) is 0 Å². The van der Waals surface area contributed by atoms with Crippen LogP contribution in [0.1, 0.15) is 6.92 Å². The smallest absolute Gasteiger partial charge is 0.264 e. The van der Waals surface area contributed by atoms with Gasteiger partial charge in [0.05, 0.1) is 0 Å². The van der Waals surface area contributed by atoms with Gasteiger partial charge in [0.2, 0.25) is 0 Å². The lowest BCUT2D eigenvalue weighted by molar-refractivity contribution is -0.119. The third kappa shape index (κ3) is 3.02. The molecule has 4 heteroatoms. The average Bonchev–Trinajstić information content (AvgIpc) is 1.31. The first-order valence-electron chi connectivity index (χ1n) is 1.56. The predicted octanol–water partition coefficient (Wildman–Crippen LogP) is 0.855. The van der Waals surface area contributed by atoms with Gasteiger partial charge >= 0.3 is 0 Å². The van der Waals surface area contributed by atoms with E-state index in [0.29, 0.717) is 0 Å². The topological polar surface area (TPSA) is 37.3 Å². The van der Waals surface area contributed by atoms with Crippen LogP contribution in [0.2, 0.25) is 0 Å². The Morgan fingerprint density at radius 2 is 2.14 bits per heavy atom. The van der Waals surface area contributed by atoms with Gasteiger partial charge in [-0.2, -0.15) is 0 Å². The molecule has 1 unspecified atom stereocenters. The van der Waals surface area contributed by atoms with Crippen LogP contribution in [0.25, 0.3) is 0 Å². The summed E-state index contributed by atoms with van der Waals surface area (Å²) in [4.78, 5) is 9.93. The minimum Gasteiger partial charge on any atom is -0.371 e.